The van der Waals surface area contributed by atoms with E-state index in [1.165, 1.54) is 26.4 Å². The first-order valence-corrected chi connectivity index (χ1v) is 20.8. The van der Waals surface area contributed by atoms with Gasteiger partial charge in [-0.3, -0.25) is 4.79 Å². The van der Waals surface area contributed by atoms with E-state index in [1.54, 1.807) is 0 Å². The third-order valence-electron chi connectivity index (χ3n) is 10.0. The van der Waals surface area contributed by atoms with Crippen molar-refractivity contribution in [3.8, 4) is 0 Å². The van der Waals surface area contributed by atoms with Crippen LogP contribution in [0.15, 0.2) is 48.6 Å². The highest BCUT2D eigenvalue weighted by atomic mass is 16.7. The number of hydrogen-bond acceptors (Lipinski definition) is 15. The van der Waals surface area contributed by atoms with E-state index >= 15 is 0 Å². The number of allylic oxidation sites excluding steroid dienone is 8. The molecule has 3 aliphatic rings. The normalized spacial score (nSPS) is 31.9. The summed E-state index contributed by atoms with van der Waals surface area (Å²) in [6.07, 6.45) is 15.8. The van der Waals surface area contributed by atoms with Crippen LogP contribution in [-0.4, -0.2) is 151 Å². The second-order valence-corrected chi connectivity index (χ2v) is 14.7. The molecule has 3 heterocycles. The number of carbonyl (C=O) groups excluding carboxylic acids is 1. The van der Waals surface area contributed by atoms with Gasteiger partial charge in [0.15, 0.2) is 18.9 Å². The molecule has 3 rings (SSSR count). The first-order chi connectivity index (χ1) is 27.7. The van der Waals surface area contributed by atoms with Crippen LogP contribution in [0.5, 0.6) is 0 Å². The highest BCUT2D eigenvalue weighted by molar-refractivity contribution is 5.69. The number of hydrogen-bond donors (Lipinski definition) is 6. The van der Waals surface area contributed by atoms with Crippen LogP contribution in [0.25, 0.3) is 0 Å². The van der Waals surface area contributed by atoms with E-state index in [9.17, 15) is 35.4 Å². The standard InChI is InChI=1S/C42H70O15/c1-3-4-5-6-7-8-9-10-11-12-13-14-15-16-17-18-19-20-37(48)53-32(28-51-41-39(49)34(47)23-30(25-43)54-41)29-52-42-40(50-2)35(24-31(26-44)55-42)56-38-22-21-33(46)36(27-45)57-38/h7-8,10-11,13-14,16-17,30-36,38-47,49H,3-6,9,12,15,18-29H2,1-2H3/b8-7-,11-10-,14-13-,17-16-/t30-,31-,32?,33-,34-,35-,36+,38+,39+,40+,41+,42+/m0/s1. The number of rotatable bonds is 27. The molecule has 0 spiro atoms. The molecule has 0 saturated carbocycles. The number of aliphatic hydroxyl groups excluding tert-OH is 6. The predicted octanol–water partition coefficient (Wildman–Crippen LogP) is 3.27. The van der Waals surface area contributed by atoms with Gasteiger partial charge in [0.25, 0.3) is 0 Å². The van der Waals surface area contributed by atoms with E-state index in [1.807, 2.05) is 6.08 Å². The Kier molecular flexibility index (Phi) is 25.2. The van der Waals surface area contributed by atoms with Crippen molar-refractivity contribution in [2.24, 2.45) is 0 Å². The molecule has 57 heavy (non-hydrogen) atoms. The summed E-state index contributed by atoms with van der Waals surface area (Å²) >= 11 is 0. The molecule has 15 nitrogen and oxygen atoms in total. The number of carbonyl (C=O) groups is 1. The Bertz CT molecular complexity index is 1180. The van der Waals surface area contributed by atoms with Crippen LogP contribution in [0.3, 0.4) is 0 Å². The molecule has 0 amide bonds. The molecule has 3 saturated heterocycles. The van der Waals surface area contributed by atoms with Crippen molar-refractivity contribution in [1.29, 1.82) is 0 Å². The topological polar surface area (TPSA) is 212 Å². The third-order valence-corrected chi connectivity index (χ3v) is 10.0. The van der Waals surface area contributed by atoms with Crippen LogP contribution in [0.2, 0.25) is 0 Å². The molecule has 0 aromatic rings. The van der Waals surface area contributed by atoms with Crippen LogP contribution in [-0.2, 0) is 42.7 Å². The van der Waals surface area contributed by atoms with Gasteiger partial charge >= 0.3 is 5.97 Å². The molecule has 6 N–H and O–H groups in total. The van der Waals surface area contributed by atoms with Gasteiger partial charge in [0.2, 0.25) is 0 Å². The van der Waals surface area contributed by atoms with Crippen molar-refractivity contribution in [3.63, 3.8) is 0 Å². The summed E-state index contributed by atoms with van der Waals surface area (Å²) in [4.78, 5) is 13.0. The number of aliphatic hydroxyl groups is 6. The molecule has 0 radical (unpaired) electrons. The Balaban J connectivity index is 1.51. The van der Waals surface area contributed by atoms with E-state index in [2.05, 4.69) is 49.5 Å². The van der Waals surface area contributed by atoms with Gasteiger partial charge in [-0.15, -0.1) is 0 Å². The molecule has 0 aromatic carbocycles. The Morgan fingerprint density at radius 1 is 0.719 bits per heavy atom. The quantitative estimate of drug-likeness (QED) is 0.0399. The fourth-order valence-electron chi connectivity index (χ4n) is 6.71. The van der Waals surface area contributed by atoms with Crippen LogP contribution in [0.4, 0.5) is 0 Å². The predicted molar refractivity (Wildman–Crippen MR) is 210 cm³/mol. The lowest BCUT2D eigenvalue weighted by Crippen LogP contribution is -2.55. The van der Waals surface area contributed by atoms with E-state index in [0.717, 1.165) is 25.7 Å². The molecule has 12 atom stereocenters. The highest BCUT2D eigenvalue weighted by Gasteiger charge is 2.44. The number of ether oxygens (including phenoxy) is 8. The van der Waals surface area contributed by atoms with Gasteiger partial charge < -0.3 is 68.5 Å². The van der Waals surface area contributed by atoms with Crippen LogP contribution < -0.4 is 0 Å². The van der Waals surface area contributed by atoms with Gasteiger partial charge in [0.1, 0.15) is 24.4 Å². The van der Waals surface area contributed by atoms with Crippen molar-refractivity contribution < 1.29 is 73.3 Å². The lowest BCUT2D eigenvalue weighted by molar-refractivity contribution is -0.321. The monoisotopic (exact) mass is 814 g/mol. The van der Waals surface area contributed by atoms with E-state index < -0.39 is 79.8 Å². The van der Waals surface area contributed by atoms with Crippen LogP contribution in [0.1, 0.15) is 96.8 Å². The molecule has 0 bridgehead atoms. The Hall–Kier alpha value is -2.09. The Morgan fingerprint density at radius 3 is 1.93 bits per heavy atom. The molecule has 0 aromatic heterocycles. The summed E-state index contributed by atoms with van der Waals surface area (Å²) in [6, 6.07) is 0. The van der Waals surface area contributed by atoms with E-state index in [-0.39, 0.29) is 52.3 Å². The van der Waals surface area contributed by atoms with E-state index in [4.69, 9.17) is 37.9 Å². The SMILES string of the molecule is CCCCC/C=C\C/C=C\C/C=C\C/C=C\CCCC(=O)OC(CO[C@@H]1O[C@H](CO)C[C@H](O)[C@H]1O)CO[C@@H]1O[C@H](CO)C[C@H](O[C@H]2CC[C@H](O)[C@@H](CO)O2)[C@H]1OC. The summed E-state index contributed by atoms with van der Waals surface area (Å²) in [7, 11) is 1.45. The minimum atomic E-state index is -1.40. The highest BCUT2D eigenvalue weighted by Crippen LogP contribution is 2.30. The summed E-state index contributed by atoms with van der Waals surface area (Å²) in [6.45, 7) is 0.582. The summed E-state index contributed by atoms with van der Waals surface area (Å²) in [5.41, 5.74) is 0. The van der Waals surface area contributed by atoms with Crippen molar-refractivity contribution >= 4 is 5.97 Å². The second kappa shape index (κ2) is 29.2. The average molecular weight is 815 g/mol. The Morgan fingerprint density at radius 2 is 1.32 bits per heavy atom. The minimum absolute atomic E-state index is 0.0261. The molecule has 15 heteroatoms. The summed E-state index contributed by atoms with van der Waals surface area (Å²) in [5.74, 6) is -0.501. The van der Waals surface area contributed by atoms with Crippen LogP contribution >= 0.6 is 0 Å². The van der Waals surface area contributed by atoms with Gasteiger partial charge in [-0.2, -0.15) is 0 Å². The lowest BCUT2D eigenvalue weighted by Gasteiger charge is -2.43. The van der Waals surface area contributed by atoms with Gasteiger partial charge in [-0.25, -0.2) is 0 Å². The minimum Gasteiger partial charge on any atom is -0.457 e. The fourth-order valence-corrected chi connectivity index (χ4v) is 6.71. The first kappa shape index (κ1) is 49.3. The first-order valence-electron chi connectivity index (χ1n) is 20.8. The molecule has 0 aliphatic carbocycles. The molecular weight excluding hydrogens is 744 g/mol. The van der Waals surface area contributed by atoms with Gasteiger partial charge in [-0.1, -0.05) is 68.4 Å². The molecule has 3 aliphatic heterocycles. The smallest absolute Gasteiger partial charge is 0.306 e. The molecule has 328 valence electrons. The second-order valence-electron chi connectivity index (χ2n) is 14.7. The zero-order valence-corrected chi connectivity index (χ0v) is 33.8. The number of methoxy groups -OCH3 is 1. The van der Waals surface area contributed by atoms with Crippen molar-refractivity contribution in [3.05, 3.63) is 48.6 Å². The van der Waals surface area contributed by atoms with E-state index in [0.29, 0.717) is 25.7 Å². The third kappa shape index (κ3) is 18.8. The van der Waals surface area contributed by atoms with Gasteiger partial charge in [0.05, 0.1) is 63.6 Å². The Labute approximate surface area is 338 Å². The zero-order valence-electron chi connectivity index (χ0n) is 33.8. The van der Waals surface area contributed by atoms with Gasteiger partial charge in [0, 0.05) is 32.8 Å². The largest absolute Gasteiger partial charge is 0.457 e. The number of esters is 1. The number of unbranched alkanes of at least 4 members (excludes halogenated alkanes) is 4. The maximum atomic E-state index is 13.0. The maximum absolute atomic E-state index is 13.0. The van der Waals surface area contributed by atoms with Crippen molar-refractivity contribution in [2.45, 2.75) is 171 Å². The molecule has 3 fully saturated rings. The zero-order chi connectivity index (χ0) is 41.3. The average Bonchev–Trinajstić information content (AvgIpc) is 3.21. The van der Waals surface area contributed by atoms with Crippen LogP contribution in [0, 0.1) is 0 Å². The fraction of sp³-hybridized carbons (Fsp3) is 0.786. The van der Waals surface area contributed by atoms with Crippen molar-refractivity contribution in [2.75, 3.05) is 40.1 Å². The summed E-state index contributed by atoms with van der Waals surface area (Å²) in [5, 5.41) is 60.0. The molecule has 1 unspecified atom stereocenters. The summed E-state index contributed by atoms with van der Waals surface area (Å²) < 4.78 is 46.8. The maximum Gasteiger partial charge on any atom is 0.306 e. The molecular formula is C42H70O15. The van der Waals surface area contributed by atoms with Gasteiger partial charge in [-0.05, 0) is 51.4 Å². The lowest BCUT2D eigenvalue weighted by atomic mass is 10.0. The van der Waals surface area contributed by atoms with Crippen molar-refractivity contribution in [1.82, 2.24) is 0 Å².